The molecular weight excluding hydrogens is 190 g/mol. The lowest BCUT2D eigenvalue weighted by molar-refractivity contribution is 0.0747. The van der Waals surface area contributed by atoms with Gasteiger partial charge in [0.25, 0.3) is 0 Å². The molecule has 3 nitrogen and oxygen atoms in total. The third-order valence-corrected chi connectivity index (χ3v) is 2.50. The van der Waals surface area contributed by atoms with Crippen molar-refractivity contribution in [3.05, 3.63) is 30.0 Å². The molecule has 1 heterocycles. The van der Waals surface area contributed by atoms with Crippen LogP contribution in [0, 0.1) is 0 Å². The van der Waals surface area contributed by atoms with E-state index in [0.29, 0.717) is 0 Å². The average molecular weight is 205 g/mol. The Labute approximate surface area is 88.7 Å². The van der Waals surface area contributed by atoms with Crippen molar-refractivity contribution in [2.75, 3.05) is 7.11 Å². The molecule has 15 heavy (non-hydrogen) atoms. The van der Waals surface area contributed by atoms with Crippen LogP contribution in [0.4, 0.5) is 0 Å². The number of rotatable bonds is 2. The minimum atomic E-state index is -0.857. The molecule has 1 aromatic carbocycles. The van der Waals surface area contributed by atoms with Gasteiger partial charge in [-0.15, -0.1) is 0 Å². The van der Waals surface area contributed by atoms with Crippen molar-refractivity contribution in [1.29, 1.82) is 0 Å². The molecule has 0 aliphatic carbocycles. The Morgan fingerprint density at radius 2 is 2.07 bits per heavy atom. The van der Waals surface area contributed by atoms with Crippen molar-refractivity contribution in [2.24, 2.45) is 0 Å². The van der Waals surface area contributed by atoms with E-state index in [1.165, 1.54) is 0 Å². The van der Waals surface area contributed by atoms with Crippen molar-refractivity contribution in [3.8, 4) is 5.75 Å². The summed E-state index contributed by atoms with van der Waals surface area (Å²) in [6, 6.07) is 7.72. The van der Waals surface area contributed by atoms with E-state index in [9.17, 15) is 5.11 Å². The van der Waals surface area contributed by atoms with Gasteiger partial charge in [-0.3, -0.25) is 0 Å². The zero-order valence-corrected chi connectivity index (χ0v) is 9.16. The summed E-state index contributed by atoms with van der Waals surface area (Å²) >= 11 is 0. The highest BCUT2D eigenvalue weighted by atomic mass is 16.5. The summed E-state index contributed by atoms with van der Waals surface area (Å²) in [5.41, 5.74) is 0.915. The van der Waals surface area contributed by atoms with E-state index in [4.69, 9.17) is 4.74 Å². The van der Waals surface area contributed by atoms with Crippen molar-refractivity contribution >= 4 is 10.9 Å². The van der Waals surface area contributed by atoms with Gasteiger partial charge in [0.15, 0.2) is 0 Å². The molecule has 0 saturated carbocycles. The summed E-state index contributed by atoms with van der Waals surface area (Å²) in [4.78, 5) is 3.18. The van der Waals surface area contributed by atoms with E-state index in [0.717, 1.165) is 22.3 Å². The number of ether oxygens (including phenoxy) is 1. The Bertz CT molecular complexity index is 480. The SMILES string of the molecule is COc1cccc2[nH]c(C(C)(C)O)cc12. The Hall–Kier alpha value is -1.48. The number of H-pyrrole nitrogens is 1. The van der Waals surface area contributed by atoms with Crippen LogP contribution in [-0.4, -0.2) is 17.2 Å². The summed E-state index contributed by atoms with van der Waals surface area (Å²) in [6.45, 7) is 3.51. The highest BCUT2D eigenvalue weighted by Gasteiger charge is 2.19. The zero-order chi connectivity index (χ0) is 11.1. The van der Waals surface area contributed by atoms with Crippen LogP contribution in [0.15, 0.2) is 24.3 Å². The molecular formula is C12H15NO2. The molecule has 0 aliphatic rings. The summed E-state index contributed by atoms with van der Waals surface area (Å²) in [5, 5.41) is 10.9. The van der Waals surface area contributed by atoms with Crippen LogP contribution in [0.25, 0.3) is 10.9 Å². The zero-order valence-electron chi connectivity index (χ0n) is 9.16. The number of aromatic amines is 1. The average Bonchev–Trinajstić information content (AvgIpc) is 2.59. The minimum absolute atomic E-state index is 0.794. The summed E-state index contributed by atoms with van der Waals surface area (Å²) < 4.78 is 5.25. The molecule has 0 spiro atoms. The van der Waals surface area contributed by atoms with Gasteiger partial charge < -0.3 is 14.8 Å². The first-order chi connectivity index (χ1) is 7.02. The van der Waals surface area contributed by atoms with Crippen LogP contribution >= 0.6 is 0 Å². The maximum Gasteiger partial charge on any atom is 0.128 e. The lowest BCUT2D eigenvalue weighted by Gasteiger charge is -2.14. The molecule has 1 aromatic heterocycles. The first kappa shape index (κ1) is 10.1. The van der Waals surface area contributed by atoms with Crippen LogP contribution in [-0.2, 0) is 5.60 Å². The molecule has 0 saturated heterocycles. The first-order valence-electron chi connectivity index (χ1n) is 4.91. The number of aliphatic hydroxyl groups is 1. The topological polar surface area (TPSA) is 45.2 Å². The molecule has 80 valence electrons. The van der Waals surface area contributed by atoms with E-state index < -0.39 is 5.60 Å². The maximum atomic E-state index is 9.88. The van der Waals surface area contributed by atoms with E-state index in [2.05, 4.69) is 4.98 Å². The second kappa shape index (κ2) is 3.28. The highest BCUT2D eigenvalue weighted by Crippen LogP contribution is 2.29. The minimum Gasteiger partial charge on any atom is -0.496 e. The van der Waals surface area contributed by atoms with E-state index in [1.54, 1.807) is 21.0 Å². The maximum absolute atomic E-state index is 9.88. The van der Waals surface area contributed by atoms with Gasteiger partial charge in [0, 0.05) is 16.6 Å². The van der Waals surface area contributed by atoms with Crippen molar-refractivity contribution in [3.63, 3.8) is 0 Å². The lowest BCUT2D eigenvalue weighted by atomic mass is 10.1. The number of nitrogens with one attached hydrogen (secondary N) is 1. The summed E-state index contributed by atoms with van der Waals surface area (Å²) in [6.07, 6.45) is 0. The number of aromatic nitrogens is 1. The van der Waals surface area contributed by atoms with Crippen LogP contribution in [0.2, 0.25) is 0 Å². The lowest BCUT2D eigenvalue weighted by Crippen LogP contribution is -2.15. The van der Waals surface area contributed by atoms with Crippen molar-refractivity contribution in [1.82, 2.24) is 4.98 Å². The Kier molecular flexibility index (Phi) is 2.20. The third-order valence-electron chi connectivity index (χ3n) is 2.50. The Morgan fingerprint density at radius 1 is 1.33 bits per heavy atom. The van der Waals surface area contributed by atoms with Crippen LogP contribution in [0.5, 0.6) is 5.75 Å². The van der Waals surface area contributed by atoms with E-state index in [-0.39, 0.29) is 0 Å². The molecule has 0 aliphatic heterocycles. The Morgan fingerprint density at radius 3 is 2.67 bits per heavy atom. The Balaban J connectivity index is 2.65. The largest absolute Gasteiger partial charge is 0.496 e. The molecule has 2 rings (SSSR count). The second-order valence-corrected chi connectivity index (χ2v) is 4.16. The van der Waals surface area contributed by atoms with Crippen molar-refractivity contribution < 1.29 is 9.84 Å². The van der Waals surface area contributed by atoms with Gasteiger partial charge >= 0.3 is 0 Å². The number of hydrogen-bond acceptors (Lipinski definition) is 2. The second-order valence-electron chi connectivity index (χ2n) is 4.16. The monoisotopic (exact) mass is 205 g/mol. The van der Waals surface area contributed by atoms with Gasteiger partial charge in [-0.05, 0) is 32.0 Å². The standard InChI is InChI=1S/C12H15NO2/c1-12(2,14)11-7-8-9(13-11)5-4-6-10(8)15-3/h4-7,13-14H,1-3H3. The van der Waals surface area contributed by atoms with E-state index >= 15 is 0 Å². The van der Waals surface area contributed by atoms with Crippen molar-refractivity contribution in [2.45, 2.75) is 19.4 Å². The van der Waals surface area contributed by atoms with Crippen LogP contribution < -0.4 is 4.74 Å². The van der Waals surface area contributed by atoms with Gasteiger partial charge in [-0.2, -0.15) is 0 Å². The number of hydrogen-bond donors (Lipinski definition) is 2. The first-order valence-corrected chi connectivity index (χ1v) is 4.91. The molecule has 2 N–H and O–H groups in total. The molecule has 2 aromatic rings. The van der Waals surface area contributed by atoms with Gasteiger partial charge in [-0.1, -0.05) is 6.07 Å². The number of benzene rings is 1. The highest BCUT2D eigenvalue weighted by molar-refractivity contribution is 5.86. The number of methoxy groups -OCH3 is 1. The van der Waals surface area contributed by atoms with Gasteiger partial charge in [0.05, 0.1) is 12.7 Å². The number of fused-ring (bicyclic) bond motifs is 1. The molecule has 0 unspecified atom stereocenters. The molecule has 0 atom stereocenters. The quantitative estimate of drug-likeness (QED) is 0.790. The molecule has 0 bridgehead atoms. The third kappa shape index (κ3) is 1.70. The van der Waals surface area contributed by atoms with Crippen LogP contribution in [0.1, 0.15) is 19.5 Å². The normalized spacial score (nSPS) is 12.0. The molecule has 0 amide bonds. The fourth-order valence-electron chi connectivity index (χ4n) is 1.63. The molecule has 0 radical (unpaired) electrons. The fraction of sp³-hybridized carbons (Fsp3) is 0.333. The van der Waals surface area contributed by atoms with Crippen LogP contribution in [0.3, 0.4) is 0 Å². The predicted octanol–water partition coefficient (Wildman–Crippen LogP) is 2.40. The summed E-state index contributed by atoms with van der Waals surface area (Å²) in [5.74, 6) is 0.819. The fourth-order valence-corrected chi connectivity index (χ4v) is 1.63. The van der Waals surface area contributed by atoms with Gasteiger partial charge in [-0.25, -0.2) is 0 Å². The molecule has 0 fully saturated rings. The van der Waals surface area contributed by atoms with E-state index in [1.807, 2.05) is 24.3 Å². The summed E-state index contributed by atoms with van der Waals surface area (Å²) in [7, 11) is 1.64. The van der Waals surface area contributed by atoms with Gasteiger partial charge in [0.2, 0.25) is 0 Å². The van der Waals surface area contributed by atoms with Gasteiger partial charge in [0.1, 0.15) is 5.75 Å². The predicted molar refractivity (Wildman–Crippen MR) is 60.1 cm³/mol. The molecule has 3 heteroatoms. The smallest absolute Gasteiger partial charge is 0.128 e.